The molecular formula is C27H55NO9. The Kier molecular flexibility index (Phi) is 32.4. The summed E-state index contributed by atoms with van der Waals surface area (Å²) in [6.45, 7) is 10.8. The van der Waals surface area contributed by atoms with E-state index < -0.39 is 0 Å². The zero-order chi connectivity index (χ0) is 26.9. The zero-order valence-corrected chi connectivity index (χ0v) is 23.6. The molecule has 0 aliphatic rings. The molecule has 0 saturated carbocycles. The van der Waals surface area contributed by atoms with Gasteiger partial charge in [0.1, 0.15) is 6.61 Å². The molecule has 0 aliphatic heterocycles. The largest absolute Gasteiger partial charge is 0.463 e. The Labute approximate surface area is 225 Å². The molecule has 10 nitrogen and oxygen atoms in total. The van der Waals surface area contributed by atoms with Gasteiger partial charge in [-0.3, -0.25) is 4.79 Å². The normalized spacial score (nSPS) is 11.3. The predicted octanol–water partition coefficient (Wildman–Crippen LogP) is 3.01. The maximum absolute atomic E-state index is 11.7. The molecule has 0 saturated heterocycles. The van der Waals surface area contributed by atoms with E-state index in [4.69, 9.17) is 37.9 Å². The highest BCUT2D eigenvalue weighted by atomic mass is 16.6. The van der Waals surface area contributed by atoms with E-state index in [-0.39, 0.29) is 5.97 Å². The van der Waals surface area contributed by atoms with Gasteiger partial charge in [-0.05, 0) is 13.5 Å². The van der Waals surface area contributed by atoms with Crippen LogP contribution in [-0.2, 0) is 42.7 Å². The van der Waals surface area contributed by atoms with E-state index in [0.717, 1.165) is 19.4 Å². The molecule has 0 amide bonds. The number of hydrogen-bond acceptors (Lipinski definition) is 10. The minimum atomic E-state index is -0.134. The van der Waals surface area contributed by atoms with Crippen LogP contribution in [0.3, 0.4) is 0 Å². The summed E-state index contributed by atoms with van der Waals surface area (Å²) < 4.78 is 43.1. The average Bonchev–Trinajstić information content (AvgIpc) is 2.90. The summed E-state index contributed by atoms with van der Waals surface area (Å²) in [5.41, 5.74) is 0. The summed E-state index contributed by atoms with van der Waals surface area (Å²) in [5.74, 6) is -0.134. The Morgan fingerprint density at radius 1 is 0.486 bits per heavy atom. The molecule has 0 aromatic heterocycles. The predicted molar refractivity (Wildman–Crippen MR) is 143 cm³/mol. The summed E-state index contributed by atoms with van der Waals surface area (Å²) in [5, 5.41) is 3.02. The molecule has 37 heavy (non-hydrogen) atoms. The van der Waals surface area contributed by atoms with Gasteiger partial charge in [-0.25, -0.2) is 0 Å². The number of rotatable bonds is 32. The van der Waals surface area contributed by atoms with Gasteiger partial charge in [0.2, 0.25) is 0 Å². The highest BCUT2D eigenvalue weighted by Crippen LogP contribution is 2.08. The molecule has 0 radical (unpaired) electrons. The number of unbranched alkanes of at least 4 members (excludes halogenated alkanes) is 6. The van der Waals surface area contributed by atoms with Crippen molar-refractivity contribution in [2.75, 3.05) is 113 Å². The number of carbonyl (C=O) groups is 1. The second kappa shape index (κ2) is 33.2. The van der Waals surface area contributed by atoms with Crippen LogP contribution in [0.2, 0.25) is 0 Å². The van der Waals surface area contributed by atoms with E-state index in [0.29, 0.717) is 106 Å². The molecule has 0 unspecified atom stereocenters. The molecule has 0 rings (SSSR count). The highest BCUT2D eigenvalue weighted by Gasteiger charge is 2.02. The SMILES string of the molecule is CCCCCCCCCC(=O)OCCOCCOCCOCCOCCOCCOCCOCCNC. The average molecular weight is 538 g/mol. The van der Waals surface area contributed by atoms with Crippen LogP contribution in [0.15, 0.2) is 0 Å². The van der Waals surface area contributed by atoms with Crippen molar-refractivity contribution in [1.82, 2.24) is 5.32 Å². The monoisotopic (exact) mass is 537 g/mol. The molecule has 222 valence electrons. The summed E-state index contributed by atoms with van der Waals surface area (Å²) in [6, 6.07) is 0. The zero-order valence-electron chi connectivity index (χ0n) is 23.6. The molecule has 0 atom stereocenters. The summed E-state index contributed by atoms with van der Waals surface area (Å²) >= 11 is 0. The molecule has 10 heteroatoms. The Balaban J connectivity index is 3.10. The van der Waals surface area contributed by atoms with Crippen molar-refractivity contribution in [3.63, 3.8) is 0 Å². The number of likely N-dealkylation sites (N-methyl/N-ethyl adjacent to an activating group) is 1. The van der Waals surface area contributed by atoms with Gasteiger partial charge in [0.15, 0.2) is 0 Å². The minimum Gasteiger partial charge on any atom is -0.463 e. The van der Waals surface area contributed by atoms with Crippen molar-refractivity contribution in [2.45, 2.75) is 58.3 Å². The Morgan fingerprint density at radius 3 is 1.24 bits per heavy atom. The molecule has 0 heterocycles. The fraction of sp³-hybridized carbons (Fsp3) is 0.963. The van der Waals surface area contributed by atoms with Crippen molar-refractivity contribution in [3.8, 4) is 0 Å². The van der Waals surface area contributed by atoms with E-state index in [9.17, 15) is 4.79 Å². The summed E-state index contributed by atoms with van der Waals surface area (Å²) in [6.07, 6.45) is 8.85. The van der Waals surface area contributed by atoms with Gasteiger partial charge in [0.05, 0.1) is 92.5 Å². The van der Waals surface area contributed by atoms with Gasteiger partial charge >= 0.3 is 5.97 Å². The van der Waals surface area contributed by atoms with E-state index in [1.165, 1.54) is 32.1 Å². The van der Waals surface area contributed by atoms with E-state index in [2.05, 4.69) is 12.2 Å². The van der Waals surface area contributed by atoms with Gasteiger partial charge in [0, 0.05) is 13.0 Å². The molecule has 0 bridgehead atoms. The molecule has 1 N–H and O–H groups in total. The minimum absolute atomic E-state index is 0.134. The Bertz CT molecular complexity index is 444. The van der Waals surface area contributed by atoms with Crippen LogP contribution < -0.4 is 5.32 Å². The number of esters is 1. The molecule has 0 aromatic carbocycles. The van der Waals surface area contributed by atoms with Crippen molar-refractivity contribution >= 4 is 5.97 Å². The lowest BCUT2D eigenvalue weighted by Crippen LogP contribution is -2.17. The fourth-order valence-electron chi connectivity index (χ4n) is 3.11. The lowest BCUT2D eigenvalue weighted by Gasteiger charge is -2.09. The number of hydrogen-bond donors (Lipinski definition) is 1. The standard InChI is InChI=1S/C27H55NO9/c1-3-4-5-6-7-8-9-10-27(29)37-26-25-36-24-23-35-22-21-34-20-19-33-18-17-32-16-15-31-14-13-30-12-11-28-2/h28H,3-26H2,1-2H3. The van der Waals surface area contributed by atoms with Crippen LogP contribution >= 0.6 is 0 Å². The Morgan fingerprint density at radius 2 is 0.838 bits per heavy atom. The Hall–Kier alpha value is -0.850. The topological polar surface area (TPSA) is 103 Å². The van der Waals surface area contributed by atoms with E-state index in [1.54, 1.807) is 0 Å². The number of carbonyl (C=O) groups excluding carboxylic acids is 1. The van der Waals surface area contributed by atoms with E-state index >= 15 is 0 Å². The van der Waals surface area contributed by atoms with Gasteiger partial charge in [-0.1, -0.05) is 45.4 Å². The van der Waals surface area contributed by atoms with Gasteiger partial charge < -0.3 is 43.2 Å². The quantitative estimate of drug-likeness (QED) is 0.102. The van der Waals surface area contributed by atoms with Crippen molar-refractivity contribution < 1.29 is 42.7 Å². The first kappa shape index (κ1) is 36.1. The van der Waals surface area contributed by atoms with E-state index in [1.807, 2.05) is 7.05 Å². The number of ether oxygens (including phenoxy) is 8. The lowest BCUT2D eigenvalue weighted by molar-refractivity contribution is -0.145. The molecular weight excluding hydrogens is 482 g/mol. The summed E-state index contributed by atoms with van der Waals surface area (Å²) in [4.78, 5) is 11.7. The van der Waals surface area contributed by atoms with Crippen molar-refractivity contribution in [3.05, 3.63) is 0 Å². The van der Waals surface area contributed by atoms with Gasteiger partial charge in [-0.15, -0.1) is 0 Å². The highest BCUT2D eigenvalue weighted by molar-refractivity contribution is 5.69. The van der Waals surface area contributed by atoms with Crippen molar-refractivity contribution in [1.29, 1.82) is 0 Å². The van der Waals surface area contributed by atoms with Crippen LogP contribution in [0.5, 0.6) is 0 Å². The second-order valence-electron chi connectivity index (χ2n) is 8.48. The van der Waals surface area contributed by atoms with Gasteiger partial charge in [0.25, 0.3) is 0 Å². The molecule has 0 aromatic rings. The maximum Gasteiger partial charge on any atom is 0.305 e. The molecule has 0 spiro atoms. The smallest absolute Gasteiger partial charge is 0.305 e. The third kappa shape index (κ3) is 33.1. The first-order valence-corrected chi connectivity index (χ1v) is 14.2. The van der Waals surface area contributed by atoms with Crippen LogP contribution in [0, 0.1) is 0 Å². The van der Waals surface area contributed by atoms with Crippen LogP contribution in [0.4, 0.5) is 0 Å². The van der Waals surface area contributed by atoms with Crippen LogP contribution in [0.25, 0.3) is 0 Å². The second-order valence-corrected chi connectivity index (χ2v) is 8.48. The molecule has 0 fully saturated rings. The van der Waals surface area contributed by atoms with Gasteiger partial charge in [-0.2, -0.15) is 0 Å². The maximum atomic E-state index is 11.7. The molecule has 0 aliphatic carbocycles. The summed E-state index contributed by atoms with van der Waals surface area (Å²) in [7, 11) is 1.90. The van der Waals surface area contributed by atoms with Crippen LogP contribution in [-0.4, -0.2) is 119 Å². The third-order valence-electron chi connectivity index (χ3n) is 5.20. The lowest BCUT2D eigenvalue weighted by atomic mass is 10.1. The van der Waals surface area contributed by atoms with Crippen molar-refractivity contribution in [2.24, 2.45) is 0 Å². The third-order valence-corrected chi connectivity index (χ3v) is 5.20. The first-order valence-electron chi connectivity index (χ1n) is 14.2. The van der Waals surface area contributed by atoms with Crippen LogP contribution in [0.1, 0.15) is 58.3 Å². The number of nitrogens with one attached hydrogen (secondary N) is 1. The first-order chi connectivity index (χ1) is 18.3. The fourth-order valence-corrected chi connectivity index (χ4v) is 3.11.